The molecule has 1 aliphatic heterocycles. The Morgan fingerprint density at radius 2 is 0.670 bits per heavy atom. The zero-order valence-corrected chi connectivity index (χ0v) is 59.9. The van der Waals surface area contributed by atoms with Gasteiger partial charge in [0, 0.05) is 6.42 Å². The van der Waals surface area contributed by atoms with Crippen molar-refractivity contribution in [1.82, 2.24) is 5.32 Å². The highest BCUT2D eigenvalue weighted by Crippen LogP contribution is 2.23. The SMILES string of the molecule is CC/C=C\C/C=C\C/C=C\C/C=C\C/C=C\C/C=C\C/C=C\C/C=C\C/C=C\C/C=C\C/C=C\C/C=C\CCCCCCC(=O)NC(COC1OC(CO)C(O)C(O)C1O)C(O)/C=C/CC/C=C/CCCCCCCCCCCCCCCCCCCCCCCCCC. The van der Waals surface area contributed by atoms with Crippen molar-refractivity contribution in [2.24, 2.45) is 0 Å². The summed E-state index contributed by atoms with van der Waals surface area (Å²) in [5, 5.41) is 54.8. The summed E-state index contributed by atoms with van der Waals surface area (Å²) >= 11 is 0. The van der Waals surface area contributed by atoms with Crippen molar-refractivity contribution in [1.29, 1.82) is 0 Å². The first kappa shape index (κ1) is 87.6. The van der Waals surface area contributed by atoms with Crippen LogP contribution >= 0.6 is 0 Å². The van der Waals surface area contributed by atoms with Gasteiger partial charge in [-0.3, -0.25) is 4.79 Å². The van der Waals surface area contributed by atoms with E-state index in [1.54, 1.807) is 6.08 Å². The summed E-state index contributed by atoms with van der Waals surface area (Å²) in [6, 6.07) is -0.851. The monoisotopic (exact) mass is 1300 g/mol. The maximum atomic E-state index is 13.1. The van der Waals surface area contributed by atoms with Gasteiger partial charge >= 0.3 is 0 Å². The molecule has 1 fully saturated rings. The number of ether oxygens (including phenoxy) is 2. The van der Waals surface area contributed by atoms with Gasteiger partial charge in [-0.05, 0) is 122 Å². The molecule has 0 aromatic heterocycles. The summed E-state index contributed by atoms with van der Waals surface area (Å²) < 4.78 is 11.3. The lowest BCUT2D eigenvalue weighted by Gasteiger charge is -2.40. The minimum absolute atomic E-state index is 0.215. The van der Waals surface area contributed by atoms with Gasteiger partial charge in [-0.1, -0.05) is 344 Å². The molecule has 0 aliphatic carbocycles. The zero-order valence-electron chi connectivity index (χ0n) is 59.9. The molecule has 6 N–H and O–H groups in total. The Morgan fingerprint density at radius 3 is 1.02 bits per heavy atom. The van der Waals surface area contributed by atoms with Crippen LogP contribution in [0.5, 0.6) is 0 Å². The lowest BCUT2D eigenvalue weighted by atomic mass is 9.99. The van der Waals surface area contributed by atoms with E-state index >= 15 is 0 Å². The van der Waals surface area contributed by atoms with Crippen LogP contribution in [-0.2, 0) is 14.3 Å². The van der Waals surface area contributed by atoms with Crippen molar-refractivity contribution in [3.05, 3.63) is 170 Å². The second-order valence-electron chi connectivity index (χ2n) is 25.7. The number of hydrogen-bond acceptors (Lipinski definition) is 8. The van der Waals surface area contributed by atoms with Gasteiger partial charge in [0.15, 0.2) is 6.29 Å². The van der Waals surface area contributed by atoms with Crippen LogP contribution in [0.4, 0.5) is 0 Å². The van der Waals surface area contributed by atoms with E-state index in [0.717, 1.165) is 122 Å². The quantitative estimate of drug-likeness (QED) is 0.0261. The van der Waals surface area contributed by atoms with Gasteiger partial charge in [-0.2, -0.15) is 0 Å². The van der Waals surface area contributed by atoms with Gasteiger partial charge in [0.25, 0.3) is 0 Å². The Kier molecular flexibility index (Phi) is 66.4. The Balaban J connectivity index is 2.19. The number of rotatable bonds is 65. The number of carbonyl (C=O) groups is 1. The third-order valence-electron chi connectivity index (χ3n) is 17.0. The molecule has 534 valence electrons. The molecule has 7 atom stereocenters. The number of carbonyl (C=O) groups excluding carboxylic acids is 1. The molecule has 94 heavy (non-hydrogen) atoms. The largest absolute Gasteiger partial charge is 0.394 e. The van der Waals surface area contributed by atoms with Crippen molar-refractivity contribution in [2.75, 3.05) is 13.2 Å². The van der Waals surface area contributed by atoms with E-state index in [0.29, 0.717) is 12.8 Å². The normalized spacial score (nSPS) is 18.6. The molecular weight excluding hydrogens is 1160 g/mol. The van der Waals surface area contributed by atoms with Gasteiger partial charge in [-0.25, -0.2) is 0 Å². The number of allylic oxidation sites excluding steroid dienone is 27. The number of amides is 1. The van der Waals surface area contributed by atoms with E-state index in [1.807, 2.05) is 6.08 Å². The van der Waals surface area contributed by atoms with Crippen molar-refractivity contribution in [3.63, 3.8) is 0 Å². The van der Waals surface area contributed by atoms with Crippen LogP contribution in [0.1, 0.15) is 303 Å². The topological polar surface area (TPSA) is 149 Å². The molecule has 1 amide bonds. The van der Waals surface area contributed by atoms with Crippen LogP contribution < -0.4 is 5.32 Å². The summed E-state index contributed by atoms with van der Waals surface area (Å²) in [5.74, 6) is -0.215. The van der Waals surface area contributed by atoms with Crippen LogP contribution in [0.15, 0.2) is 170 Å². The third kappa shape index (κ3) is 58.9. The van der Waals surface area contributed by atoms with Crippen molar-refractivity contribution >= 4 is 5.91 Å². The Hall–Kier alpha value is -4.45. The van der Waals surface area contributed by atoms with E-state index in [1.165, 1.54) is 154 Å². The van der Waals surface area contributed by atoms with Crippen LogP contribution in [-0.4, -0.2) is 87.5 Å². The Labute approximate surface area is 577 Å². The lowest BCUT2D eigenvalue weighted by molar-refractivity contribution is -0.302. The average Bonchev–Trinajstić information content (AvgIpc) is 0.831. The fourth-order valence-electron chi connectivity index (χ4n) is 11.1. The van der Waals surface area contributed by atoms with Crippen molar-refractivity contribution < 1.29 is 39.8 Å². The second kappa shape index (κ2) is 71.3. The number of unbranched alkanes of at least 4 members (excludes halogenated alkanes) is 29. The maximum Gasteiger partial charge on any atom is 0.220 e. The number of aliphatic hydroxyl groups excluding tert-OH is 5. The van der Waals surface area contributed by atoms with E-state index in [4.69, 9.17) is 9.47 Å². The van der Waals surface area contributed by atoms with Gasteiger partial charge in [0.1, 0.15) is 24.4 Å². The van der Waals surface area contributed by atoms with Gasteiger partial charge in [0.05, 0.1) is 25.4 Å². The molecule has 0 saturated carbocycles. The van der Waals surface area contributed by atoms with Crippen LogP contribution in [0.3, 0.4) is 0 Å². The summed E-state index contributed by atoms with van der Waals surface area (Å²) in [5.41, 5.74) is 0. The van der Waals surface area contributed by atoms with Gasteiger partial charge in [0.2, 0.25) is 5.91 Å². The van der Waals surface area contributed by atoms with Crippen LogP contribution in [0.2, 0.25) is 0 Å². The Morgan fingerprint density at radius 1 is 0.372 bits per heavy atom. The molecule has 7 unspecified atom stereocenters. The molecule has 9 heteroatoms. The summed E-state index contributed by atoms with van der Waals surface area (Å²) in [4.78, 5) is 13.1. The van der Waals surface area contributed by atoms with Gasteiger partial charge < -0.3 is 40.3 Å². The van der Waals surface area contributed by atoms with Crippen molar-refractivity contribution in [3.8, 4) is 0 Å². The predicted octanol–water partition coefficient (Wildman–Crippen LogP) is 22.0. The van der Waals surface area contributed by atoms with E-state index in [2.05, 4.69) is 177 Å². The molecule has 1 saturated heterocycles. The van der Waals surface area contributed by atoms with Crippen molar-refractivity contribution in [2.45, 2.75) is 346 Å². The molecule has 0 bridgehead atoms. The summed E-state index contributed by atoms with van der Waals surface area (Å²) in [7, 11) is 0. The third-order valence-corrected chi connectivity index (χ3v) is 17.0. The maximum absolute atomic E-state index is 13.1. The molecule has 0 radical (unpaired) electrons. The van der Waals surface area contributed by atoms with E-state index < -0.39 is 49.5 Å². The first-order chi connectivity index (χ1) is 46.3. The molecule has 0 spiro atoms. The predicted molar refractivity (Wildman–Crippen MR) is 405 cm³/mol. The Bertz CT molecular complexity index is 2100. The number of aliphatic hydroxyl groups is 5. The summed E-state index contributed by atoms with van der Waals surface area (Å²) in [6.45, 7) is 3.65. The van der Waals surface area contributed by atoms with Crippen LogP contribution in [0, 0.1) is 0 Å². The molecule has 1 aliphatic rings. The fourth-order valence-corrected chi connectivity index (χ4v) is 11.1. The molecule has 0 aromatic rings. The average molecular weight is 1310 g/mol. The minimum Gasteiger partial charge on any atom is -0.394 e. The molecule has 0 aromatic carbocycles. The molecule has 1 heterocycles. The molecular formula is C85H141NO8. The molecule has 1 rings (SSSR count). The smallest absolute Gasteiger partial charge is 0.220 e. The number of nitrogens with one attached hydrogen (secondary N) is 1. The summed E-state index contributed by atoms with van der Waals surface area (Å²) in [6.07, 6.45) is 106. The molecule has 9 nitrogen and oxygen atoms in total. The first-order valence-corrected chi connectivity index (χ1v) is 38.4. The zero-order chi connectivity index (χ0) is 67.8. The minimum atomic E-state index is -1.59. The lowest BCUT2D eigenvalue weighted by Crippen LogP contribution is -2.60. The highest BCUT2D eigenvalue weighted by atomic mass is 16.7. The second-order valence-corrected chi connectivity index (χ2v) is 25.7. The van der Waals surface area contributed by atoms with Crippen LogP contribution in [0.25, 0.3) is 0 Å². The van der Waals surface area contributed by atoms with E-state index in [-0.39, 0.29) is 12.5 Å². The van der Waals surface area contributed by atoms with E-state index in [9.17, 15) is 30.3 Å². The highest BCUT2D eigenvalue weighted by Gasteiger charge is 2.44. The first-order valence-electron chi connectivity index (χ1n) is 38.4. The fraction of sp³-hybridized carbons (Fsp3) is 0.659. The standard InChI is InChI=1S/C85H141NO8/c1-3-5-7-9-11-13-15-17-19-21-23-25-27-29-31-33-35-36-37-38-39-40-41-42-43-44-45-47-49-51-53-55-57-59-61-63-65-67-69-71-73-75-81(89)86-78(77-93-85-84(92)83(91)82(90)80(76-87)94-85)79(88)74-72-70-68-66-64-62-60-58-56-54-52-50-48-46-34-32-30-28-26-24-22-20-18-16-14-12-10-8-6-4-2/h5,7,11,13,17,19,23,25,29,31,35-36,38-39,41-42,44-45,49,51,55,57,61,63-64,66,72,74,78-80,82-85,87-88,90-92H,3-4,6,8-10,12,14-16,18,20-22,24,26-28,30,32-34,37,40,43,46-48,50,52-54,56,58-60,62,65,67-71,73,75-77H2,1-2H3,(H,86,89)/b7-5-,13-11-,19-17-,25-23-,31-29-,36-35-,39-38-,42-41-,45-44-,51-49-,57-55-,63-61-,66-64+,74-72+. The number of hydrogen-bond donors (Lipinski definition) is 6. The van der Waals surface area contributed by atoms with Gasteiger partial charge in [-0.15, -0.1) is 0 Å². The highest BCUT2D eigenvalue weighted by molar-refractivity contribution is 5.76.